The fourth-order valence-electron chi connectivity index (χ4n) is 2.60. The summed E-state index contributed by atoms with van der Waals surface area (Å²) in [6.45, 7) is 2.78. The van der Waals surface area contributed by atoms with Crippen LogP contribution in [0.1, 0.15) is 12.8 Å². The molecule has 1 aromatic rings. The summed E-state index contributed by atoms with van der Waals surface area (Å²) in [7, 11) is 1.61. The van der Waals surface area contributed by atoms with Crippen LogP contribution in [0.5, 0.6) is 0 Å². The van der Waals surface area contributed by atoms with Crippen molar-refractivity contribution in [3.05, 3.63) is 30.3 Å². The van der Waals surface area contributed by atoms with E-state index in [1.807, 2.05) is 18.2 Å². The number of nitrogens with zero attached hydrogens (tertiary/aromatic N) is 2. The molecule has 0 spiro atoms. The van der Waals surface area contributed by atoms with Gasteiger partial charge in [0, 0.05) is 38.9 Å². The van der Waals surface area contributed by atoms with Crippen molar-refractivity contribution in [3.63, 3.8) is 0 Å². The van der Waals surface area contributed by atoms with Gasteiger partial charge in [-0.1, -0.05) is 18.2 Å². The Morgan fingerprint density at radius 2 is 2.09 bits per heavy atom. The largest absolute Gasteiger partial charge is 0.481 e. The van der Waals surface area contributed by atoms with Gasteiger partial charge in [0.2, 0.25) is 0 Å². The Morgan fingerprint density at radius 3 is 2.77 bits per heavy atom. The summed E-state index contributed by atoms with van der Waals surface area (Å²) < 4.78 is 0. The molecule has 2 rings (SSSR count). The second-order valence-electron chi connectivity index (χ2n) is 5.69. The minimum atomic E-state index is -0.894. The molecule has 0 bridgehead atoms. The second-order valence-corrected chi connectivity index (χ2v) is 5.69. The van der Waals surface area contributed by atoms with Crippen LogP contribution in [0.25, 0.3) is 0 Å². The van der Waals surface area contributed by atoms with Crippen LogP contribution in [0.4, 0.5) is 10.5 Å². The third kappa shape index (κ3) is 4.65. The van der Waals surface area contributed by atoms with E-state index >= 15 is 0 Å². The highest BCUT2D eigenvalue weighted by Crippen LogP contribution is 2.22. The van der Waals surface area contributed by atoms with Crippen molar-refractivity contribution in [1.82, 2.24) is 10.2 Å². The van der Waals surface area contributed by atoms with E-state index in [4.69, 9.17) is 5.11 Å². The molecule has 6 nitrogen and oxygen atoms in total. The summed E-state index contributed by atoms with van der Waals surface area (Å²) in [4.78, 5) is 26.1. The maximum Gasteiger partial charge on any atom is 0.317 e. The number of hydrogen-bond donors (Lipinski definition) is 2. The Balaban J connectivity index is 1.72. The number of carbonyl (C=O) groups is 2. The van der Waals surface area contributed by atoms with Gasteiger partial charge in [0.1, 0.15) is 0 Å². The van der Waals surface area contributed by atoms with Gasteiger partial charge in [-0.25, -0.2) is 4.79 Å². The first-order valence-electron chi connectivity index (χ1n) is 7.57. The van der Waals surface area contributed by atoms with Crippen LogP contribution in [0, 0.1) is 5.92 Å². The molecule has 1 heterocycles. The monoisotopic (exact) mass is 305 g/mol. The van der Waals surface area contributed by atoms with Crippen LogP contribution in [0.3, 0.4) is 0 Å². The topological polar surface area (TPSA) is 72.9 Å². The molecular formula is C16H23N3O3. The summed E-state index contributed by atoms with van der Waals surface area (Å²) in [5.41, 5.74) is 1.22. The quantitative estimate of drug-likeness (QED) is 0.838. The Morgan fingerprint density at radius 1 is 1.36 bits per heavy atom. The van der Waals surface area contributed by atoms with Crippen LogP contribution in [0.15, 0.2) is 30.3 Å². The lowest BCUT2D eigenvalue weighted by Crippen LogP contribution is -2.40. The molecule has 2 amide bonds. The smallest absolute Gasteiger partial charge is 0.317 e. The average Bonchev–Trinajstić information content (AvgIpc) is 3.00. The molecule has 0 aliphatic carbocycles. The molecule has 6 heteroatoms. The summed E-state index contributed by atoms with van der Waals surface area (Å²) in [5, 5.41) is 11.5. The van der Waals surface area contributed by atoms with Gasteiger partial charge >= 0.3 is 12.0 Å². The molecule has 0 saturated carbocycles. The van der Waals surface area contributed by atoms with Crippen molar-refractivity contribution in [2.45, 2.75) is 12.8 Å². The van der Waals surface area contributed by atoms with Crippen molar-refractivity contribution in [2.75, 3.05) is 38.1 Å². The Bertz CT molecular complexity index is 507. The number of anilines is 1. The number of carboxylic acids is 1. The first-order chi connectivity index (χ1) is 10.6. The normalized spacial score (nSPS) is 17.3. The molecule has 1 aliphatic rings. The van der Waals surface area contributed by atoms with Gasteiger partial charge < -0.3 is 20.2 Å². The Labute approximate surface area is 130 Å². The number of rotatable bonds is 6. The van der Waals surface area contributed by atoms with Crippen LogP contribution < -0.4 is 10.2 Å². The third-order valence-corrected chi connectivity index (χ3v) is 3.96. The van der Waals surface area contributed by atoms with Crippen LogP contribution in [-0.4, -0.2) is 55.2 Å². The first-order valence-corrected chi connectivity index (χ1v) is 7.57. The fraction of sp³-hybridized carbons (Fsp3) is 0.500. The molecule has 0 radical (unpaired) electrons. The van der Waals surface area contributed by atoms with Crippen molar-refractivity contribution >= 4 is 17.7 Å². The average molecular weight is 305 g/mol. The van der Waals surface area contributed by atoms with Crippen LogP contribution >= 0.6 is 0 Å². The van der Waals surface area contributed by atoms with E-state index in [1.165, 1.54) is 10.6 Å². The van der Waals surface area contributed by atoms with E-state index in [-0.39, 0.29) is 19.0 Å². The maximum atomic E-state index is 11.9. The van der Waals surface area contributed by atoms with E-state index in [2.05, 4.69) is 22.3 Å². The number of carbonyl (C=O) groups excluding carboxylic acids is 1. The highest BCUT2D eigenvalue weighted by Gasteiger charge is 2.23. The van der Waals surface area contributed by atoms with Gasteiger partial charge in [-0.3, -0.25) is 4.79 Å². The molecular weight excluding hydrogens is 282 g/mol. The van der Waals surface area contributed by atoms with Gasteiger partial charge in [0.25, 0.3) is 0 Å². The number of amides is 2. The lowest BCUT2D eigenvalue weighted by molar-refractivity contribution is -0.137. The SMILES string of the molecule is CN(CCC(=O)O)C(=O)NCC1CCN(c2ccccc2)C1. The van der Waals surface area contributed by atoms with Crippen molar-refractivity contribution in [1.29, 1.82) is 0 Å². The predicted octanol–water partition coefficient (Wildman–Crippen LogP) is 1.63. The third-order valence-electron chi connectivity index (χ3n) is 3.96. The summed E-state index contributed by atoms with van der Waals surface area (Å²) in [5.74, 6) is -0.467. The van der Waals surface area contributed by atoms with E-state index < -0.39 is 5.97 Å². The Hall–Kier alpha value is -2.24. The number of urea groups is 1. The van der Waals surface area contributed by atoms with Gasteiger partial charge in [0.05, 0.1) is 6.42 Å². The van der Waals surface area contributed by atoms with Crippen LogP contribution in [0.2, 0.25) is 0 Å². The van der Waals surface area contributed by atoms with Gasteiger partial charge in [0.15, 0.2) is 0 Å². The van der Waals surface area contributed by atoms with Gasteiger partial charge in [-0.2, -0.15) is 0 Å². The zero-order valence-electron chi connectivity index (χ0n) is 12.9. The van der Waals surface area contributed by atoms with Gasteiger partial charge in [-0.05, 0) is 24.5 Å². The van der Waals surface area contributed by atoms with Crippen LogP contribution in [-0.2, 0) is 4.79 Å². The number of para-hydroxylation sites is 1. The van der Waals surface area contributed by atoms with Crippen molar-refractivity contribution < 1.29 is 14.7 Å². The Kier molecular flexibility index (Phi) is 5.63. The zero-order valence-corrected chi connectivity index (χ0v) is 12.9. The molecule has 1 aliphatic heterocycles. The van der Waals surface area contributed by atoms with Crippen molar-refractivity contribution in [2.24, 2.45) is 5.92 Å². The summed E-state index contributed by atoms with van der Waals surface area (Å²) in [6.07, 6.45) is 1.02. The molecule has 1 unspecified atom stereocenters. The summed E-state index contributed by atoms with van der Waals surface area (Å²) >= 11 is 0. The molecule has 1 fully saturated rings. The number of benzene rings is 1. The molecule has 1 atom stereocenters. The minimum Gasteiger partial charge on any atom is -0.481 e. The number of carboxylic acid groups (broad SMARTS) is 1. The highest BCUT2D eigenvalue weighted by molar-refractivity contribution is 5.75. The lowest BCUT2D eigenvalue weighted by atomic mass is 10.1. The highest BCUT2D eigenvalue weighted by atomic mass is 16.4. The number of hydrogen-bond acceptors (Lipinski definition) is 3. The molecule has 2 N–H and O–H groups in total. The number of nitrogens with one attached hydrogen (secondary N) is 1. The van der Waals surface area contributed by atoms with Gasteiger partial charge in [-0.15, -0.1) is 0 Å². The van der Waals surface area contributed by atoms with Crippen molar-refractivity contribution in [3.8, 4) is 0 Å². The maximum absolute atomic E-state index is 11.9. The van der Waals surface area contributed by atoms with E-state index in [0.29, 0.717) is 12.5 Å². The lowest BCUT2D eigenvalue weighted by Gasteiger charge is -2.20. The first kappa shape index (κ1) is 16.1. The number of aliphatic carboxylic acids is 1. The summed E-state index contributed by atoms with van der Waals surface area (Å²) in [6, 6.07) is 10.1. The standard InChI is InChI=1S/C16H23N3O3/c1-18(9-8-15(20)21)16(22)17-11-13-7-10-19(12-13)14-5-3-2-4-6-14/h2-6,13H,7-12H2,1H3,(H,17,22)(H,20,21). The fourth-order valence-corrected chi connectivity index (χ4v) is 2.60. The van der Waals surface area contributed by atoms with E-state index in [0.717, 1.165) is 19.5 Å². The minimum absolute atomic E-state index is 0.0326. The van der Waals surface area contributed by atoms with E-state index in [9.17, 15) is 9.59 Å². The predicted molar refractivity (Wildman–Crippen MR) is 85.0 cm³/mol. The zero-order chi connectivity index (χ0) is 15.9. The molecule has 22 heavy (non-hydrogen) atoms. The second kappa shape index (κ2) is 7.68. The molecule has 1 aromatic carbocycles. The molecule has 0 aromatic heterocycles. The van der Waals surface area contributed by atoms with E-state index in [1.54, 1.807) is 7.05 Å². The molecule has 1 saturated heterocycles. The molecule has 120 valence electrons.